The smallest absolute Gasteiger partial charge is 0.337 e. The van der Waals surface area contributed by atoms with Crippen molar-refractivity contribution in [3.63, 3.8) is 0 Å². The van der Waals surface area contributed by atoms with Crippen molar-refractivity contribution in [1.29, 1.82) is 0 Å². The van der Waals surface area contributed by atoms with Crippen molar-refractivity contribution in [3.05, 3.63) is 41.1 Å². The number of thioether (sulfide) groups is 2. The van der Waals surface area contributed by atoms with Gasteiger partial charge in [-0.1, -0.05) is 12.1 Å². The fourth-order valence-electron chi connectivity index (χ4n) is 1.47. The van der Waals surface area contributed by atoms with Crippen LogP contribution in [-0.4, -0.2) is 28.8 Å². The van der Waals surface area contributed by atoms with Crippen LogP contribution in [0.1, 0.15) is 15.9 Å². The van der Waals surface area contributed by atoms with E-state index in [1.165, 1.54) is 18.9 Å². The first-order valence-corrected chi connectivity index (χ1v) is 7.43. The number of rotatable bonds is 2. The predicted molar refractivity (Wildman–Crippen MR) is 79.3 cm³/mol. The quantitative estimate of drug-likeness (QED) is 0.620. The number of carbonyl (C=O) groups is 2. The third kappa shape index (κ3) is 3.27. The molecular weight excluding hydrogens is 282 g/mol. The SMILES string of the molecule is COC(=O)c1ccc(/C=C2/N=C(SC)SC2=O)cc1. The van der Waals surface area contributed by atoms with E-state index in [2.05, 4.69) is 9.73 Å². The molecule has 1 heterocycles. The Balaban J connectivity index is 2.22. The van der Waals surface area contributed by atoms with E-state index >= 15 is 0 Å². The van der Waals surface area contributed by atoms with Gasteiger partial charge >= 0.3 is 5.97 Å². The molecule has 4 nitrogen and oxygen atoms in total. The summed E-state index contributed by atoms with van der Waals surface area (Å²) in [4.78, 5) is 27.2. The number of carbonyl (C=O) groups excluding carboxylic acids is 2. The van der Waals surface area contributed by atoms with E-state index in [-0.39, 0.29) is 11.1 Å². The molecule has 0 saturated carbocycles. The summed E-state index contributed by atoms with van der Waals surface area (Å²) in [5.74, 6) is -0.380. The summed E-state index contributed by atoms with van der Waals surface area (Å²) in [7, 11) is 1.34. The first-order chi connectivity index (χ1) is 9.13. The molecule has 0 fully saturated rings. The summed E-state index contributed by atoms with van der Waals surface area (Å²) >= 11 is 2.59. The lowest BCUT2D eigenvalue weighted by Gasteiger charge is -1.99. The van der Waals surface area contributed by atoms with E-state index in [0.717, 1.165) is 21.7 Å². The molecule has 1 aromatic carbocycles. The van der Waals surface area contributed by atoms with Crippen LogP contribution in [-0.2, 0) is 9.53 Å². The second-order valence-corrected chi connectivity index (χ2v) is 5.63. The van der Waals surface area contributed by atoms with Gasteiger partial charge in [0.25, 0.3) is 0 Å². The molecule has 0 amide bonds. The highest BCUT2D eigenvalue weighted by Crippen LogP contribution is 2.29. The van der Waals surface area contributed by atoms with E-state index < -0.39 is 0 Å². The molecule has 0 aromatic heterocycles. The predicted octanol–water partition coefficient (Wildman–Crippen LogP) is 2.81. The molecule has 0 saturated heterocycles. The lowest BCUT2D eigenvalue weighted by molar-refractivity contribution is -0.107. The van der Waals surface area contributed by atoms with Gasteiger partial charge in [0.15, 0.2) is 0 Å². The van der Waals surface area contributed by atoms with E-state index in [0.29, 0.717) is 11.3 Å². The summed E-state index contributed by atoms with van der Waals surface area (Å²) in [5.41, 5.74) is 1.73. The lowest BCUT2D eigenvalue weighted by atomic mass is 10.1. The van der Waals surface area contributed by atoms with Crippen molar-refractivity contribution in [2.45, 2.75) is 0 Å². The van der Waals surface area contributed by atoms with Gasteiger partial charge in [0.2, 0.25) is 5.12 Å². The minimum atomic E-state index is -0.380. The Hall–Kier alpha value is -1.53. The van der Waals surface area contributed by atoms with Crippen molar-refractivity contribution >= 4 is 45.1 Å². The van der Waals surface area contributed by atoms with Crippen LogP contribution in [0, 0.1) is 0 Å². The fourth-order valence-corrected chi connectivity index (χ4v) is 2.73. The standard InChI is InChI=1S/C13H11NO3S2/c1-17-11(15)9-5-3-8(4-6-9)7-10-12(16)19-13(14-10)18-2/h3-7H,1-2H3/b10-7+. The lowest BCUT2D eigenvalue weighted by Crippen LogP contribution is -2.00. The van der Waals surface area contributed by atoms with Gasteiger partial charge < -0.3 is 4.74 Å². The molecule has 0 bridgehead atoms. The van der Waals surface area contributed by atoms with Gasteiger partial charge in [0.1, 0.15) is 10.1 Å². The summed E-state index contributed by atoms with van der Waals surface area (Å²) in [6.45, 7) is 0. The number of methoxy groups -OCH3 is 1. The Morgan fingerprint density at radius 2 is 2.05 bits per heavy atom. The van der Waals surface area contributed by atoms with Gasteiger partial charge in [-0.05, 0) is 41.8 Å². The minimum Gasteiger partial charge on any atom is -0.465 e. The fraction of sp³-hybridized carbons (Fsp3) is 0.154. The third-order valence-corrected chi connectivity index (χ3v) is 4.26. The molecule has 0 unspecified atom stereocenters. The molecule has 6 heteroatoms. The highest BCUT2D eigenvalue weighted by molar-refractivity contribution is 8.45. The molecule has 0 atom stereocenters. The van der Waals surface area contributed by atoms with Crippen LogP contribution in [0.2, 0.25) is 0 Å². The van der Waals surface area contributed by atoms with E-state index in [9.17, 15) is 9.59 Å². The summed E-state index contributed by atoms with van der Waals surface area (Å²) in [6, 6.07) is 6.82. The average Bonchev–Trinajstić information content (AvgIpc) is 2.79. The number of esters is 1. The Morgan fingerprint density at radius 1 is 1.37 bits per heavy atom. The van der Waals surface area contributed by atoms with Crippen LogP contribution < -0.4 is 0 Å². The van der Waals surface area contributed by atoms with E-state index in [1.807, 2.05) is 6.26 Å². The third-order valence-electron chi connectivity index (χ3n) is 2.41. The number of ether oxygens (including phenoxy) is 1. The number of nitrogens with zero attached hydrogens (tertiary/aromatic N) is 1. The van der Waals surface area contributed by atoms with Gasteiger partial charge in [-0.25, -0.2) is 9.79 Å². The average molecular weight is 293 g/mol. The van der Waals surface area contributed by atoms with Gasteiger partial charge in [0, 0.05) is 0 Å². The van der Waals surface area contributed by atoms with Crippen LogP contribution in [0.5, 0.6) is 0 Å². The van der Waals surface area contributed by atoms with Crippen LogP contribution >= 0.6 is 23.5 Å². The van der Waals surface area contributed by atoms with Crippen LogP contribution in [0.25, 0.3) is 6.08 Å². The minimum absolute atomic E-state index is 0.0543. The highest BCUT2D eigenvalue weighted by atomic mass is 32.2. The number of aliphatic imine (C=N–C) groups is 1. The zero-order chi connectivity index (χ0) is 13.8. The molecule has 0 radical (unpaired) electrons. The number of hydrogen-bond donors (Lipinski definition) is 0. The first kappa shape index (κ1) is 13.9. The zero-order valence-electron chi connectivity index (χ0n) is 10.4. The second kappa shape index (κ2) is 6.08. The Kier molecular flexibility index (Phi) is 4.44. The van der Waals surface area contributed by atoms with Crippen LogP contribution in [0.3, 0.4) is 0 Å². The molecule has 1 aliphatic rings. The second-order valence-electron chi connectivity index (χ2n) is 3.61. The molecule has 98 valence electrons. The van der Waals surface area contributed by atoms with Gasteiger partial charge in [0.05, 0.1) is 12.7 Å². The summed E-state index contributed by atoms with van der Waals surface area (Å²) < 4.78 is 5.37. The molecule has 0 aliphatic carbocycles. The monoisotopic (exact) mass is 293 g/mol. The van der Waals surface area contributed by atoms with Crippen molar-refractivity contribution in [1.82, 2.24) is 0 Å². The van der Waals surface area contributed by atoms with Gasteiger partial charge in [-0.3, -0.25) is 4.79 Å². The summed E-state index contributed by atoms with van der Waals surface area (Å²) in [6.07, 6.45) is 3.59. The molecule has 0 spiro atoms. The topological polar surface area (TPSA) is 55.7 Å². The maximum atomic E-state index is 11.7. The maximum absolute atomic E-state index is 11.7. The van der Waals surface area contributed by atoms with Crippen molar-refractivity contribution in [2.24, 2.45) is 4.99 Å². The van der Waals surface area contributed by atoms with Crippen LogP contribution in [0.15, 0.2) is 35.0 Å². The first-order valence-electron chi connectivity index (χ1n) is 5.39. The van der Waals surface area contributed by atoms with Crippen molar-refractivity contribution < 1.29 is 14.3 Å². The molecule has 1 aromatic rings. The van der Waals surface area contributed by atoms with Gasteiger partial charge in [-0.2, -0.15) is 0 Å². The highest BCUT2D eigenvalue weighted by Gasteiger charge is 2.21. The van der Waals surface area contributed by atoms with E-state index in [4.69, 9.17) is 0 Å². The van der Waals surface area contributed by atoms with Gasteiger partial charge in [-0.15, -0.1) is 11.8 Å². The van der Waals surface area contributed by atoms with Crippen LogP contribution in [0.4, 0.5) is 0 Å². The largest absolute Gasteiger partial charge is 0.465 e. The molecule has 0 N–H and O–H groups in total. The summed E-state index contributed by atoms with van der Waals surface area (Å²) in [5, 5.41) is -0.0543. The number of benzene rings is 1. The molecular formula is C13H11NO3S2. The normalized spacial score (nSPS) is 16.6. The van der Waals surface area contributed by atoms with Crippen molar-refractivity contribution in [3.8, 4) is 0 Å². The Morgan fingerprint density at radius 3 is 2.58 bits per heavy atom. The van der Waals surface area contributed by atoms with E-state index in [1.54, 1.807) is 30.3 Å². The molecule has 19 heavy (non-hydrogen) atoms. The molecule has 2 rings (SSSR count). The Bertz CT molecular complexity index is 576. The Labute approximate surface area is 119 Å². The zero-order valence-corrected chi connectivity index (χ0v) is 12.0. The molecule has 1 aliphatic heterocycles. The maximum Gasteiger partial charge on any atom is 0.337 e. The van der Waals surface area contributed by atoms with Crippen molar-refractivity contribution in [2.75, 3.05) is 13.4 Å². The number of hydrogen-bond acceptors (Lipinski definition) is 6.